The largest absolute Gasteiger partial charge is 0.453 e. The first-order chi connectivity index (χ1) is 28.7. The highest BCUT2D eigenvalue weighted by molar-refractivity contribution is 7.25. The average Bonchev–Trinajstić information content (AvgIpc) is 4.05. The Kier molecular flexibility index (Phi) is 6.64. The number of hydrogen-bond donors (Lipinski definition) is 0. The van der Waals surface area contributed by atoms with Crippen LogP contribution in [-0.2, 0) is 0 Å². The van der Waals surface area contributed by atoms with Crippen molar-refractivity contribution < 1.29 is 4.74 Å². The van der Waals surface area contributed by atoms with Gasteiger partial charge in [-0.15, -0.1) is 11.3 Å². The number of fused-ring (bicyclic) bond motifs is 9. The molecule has 8 aromatic carbocycles. The van der Waals surface area contributed by atoms with Crippen molar-refractivity contribution in [3.05, 3.63) is 181 Å². The Morgan fingerprint density at radius 1 is 0.431 bits per heavy atom. The van der Waals surface area contributed by atoms with Gasteiger partial charge in [-0.1, -0.05) is 84.9 Å². The van der Waals surface area contributed by atoms with Crippen LogP contribution in [0.2, 0.25) is 0 Å². The van der Waals surface area contributed by atoms with E-state index < -0.39 is 0 Å². The summed E-state index contributed by atoms with van der Waals surface area (Å²) in [4.78, 5) is 9.75. The van der Waals surface area contributed by atoms with Crippen LogP contribution in [0.1, 0.15) is 29.9 Å². The lowest BCUT2D eigenvalue weighted by molar-refractivity contribution is 0.477. The molecule has 58 heavy (non-hydrogen) atoms. The molecule has 1 aromatic heterocycles. The average molecular weight is 765 g/mol. The summed E-state index contributed by atoms with van der Waals surface area (Å²) in [7, 11) is 0. The quantitative estimate of drug-likeness (QED) is 0.177. The normalized spacial score (nSPS) is 14.8. The Labute approximate surface area is 340 Å². The molecule has 1 saturated carbocycles. The summed E-state index contributed by atoms with van der Waals surface area (Å²) in [6, 6.07) is 62.1. The van der Waals surface area contributed by atoms with Gasteiger partial charge in [0.1, 0.15) is 5.69 Å². The van der Waals surface area contributed by atoms with Gasteiger partial charge in [0, 0.05) is 37.2 Å². The number of nitrogens with zero attached hydrogens (tertiary/aromatic N) is 4. The molecule has 0 atom stereocenters. The Balaban J connectivity index is 0.944. The predicted molar refractivity (Wildman–Crippen MR) is 242 cm³/mol. The molecule has 1 aliphatic carbocycles. The van der Waals surface area contributed by atoms with E-state index in [0.29, 0.717) is 5.92 Å². The van der Waals surface area contributed by atoms with Crippen LogP contribution in [-0.4, -0.2) is 0 Å². The molecule has 5 nitrogen and oxygen atoms in total. The number of hydrogen-bond acceptors (Lipinski definition) is 6. The number of para-hydroxylation sites is 9. The van der Waals surface area contributed by atoms with Gasteiger partial charge >= 0.3 is 0 Å². The van der Waals surface area contributed by atoms with Gasteiger partial charge in [0.2, 0.25) is 0 Å². The van der Waals surface area contributed by atoms with Gasteiger partial charge in [-0.05, 0) is 122 Å². The van der Waals surface area contributed by atoms with Crippen molar-refractivity contribution in [3.63, 3.8) is 0 Å². The monoisotopic (exact) mass is 764 g/mol. The van der Waals surface area contributed by atoms with E-state index in [1.54, 1.807) is 0 Å². The lowest BCUT2D eigenvalue weighted by Gasteiger charge is -2.43. The van der Waals surface area contributed by atoms with Crippen molar-refractivity contribution in [2.45, 2.75) is 25.7 Å². The first kappa shape index (κ1) is 32.1. The van der Waals surface area contributed by atoms with Crippen LogP contribution < -0.4 is 24.3 Å². The number of benzene rings is 8. The second kappa shape index (κ2) is 12.0. The zero-order chi connectivity index (χ0) is 38.1. The minimum atomic E-state index is 0.633. The van der Waals surface area contributed by atoms with Gasteiger partial charge < -0.3 is 19.4 Å². The molecule has 13 rings (SSSR count). The maximum absolute atomic E-state index is 6.52. The SMILES string of the molecule is Cc1cccc2c1N(c1ccccc1C1CC1)c1ccccc1N2c1ccc2c(c1)sc1cc(N3c4ccccc4N4c5ccccc5Oc5cccc3c54)ccc12. The molecule has 3 aliphatic heterocycles. The number of aryl methyl sites for hydroxylation is 1. The summed E-state index contributed by atoms with van der Waals surface area (Å²) < 4.78 is 9.04. The Bertz CT molecular complexity index is 3180. The molecule has 0 unspecified atom stereocenters. The Morgan fingerprint density at radius 3 is 1.55 bits per heavy atom. The molecule has 0 spiro atoms. The third-order valence-corrected chi connectivity index (χ3v) is 13.4. The van der Waals surface area contributed by atoms with Crippen LogP contribution in [0.25, 0.3) is 20.2 Å². The summed E-state index contributed by atoms with van der Waals surface area (Å²) in [5, 5.41) is 2.55. The van der Waals surface area contributed by atoms with Crippen molar-refractivity contribution in [2.75, 3.05) is 19.6 Å². The van der Waals surface area contributed by atoms with Crippen LogP contribution in [0.15, 0.2) is 170 Å². The zero-order valence-corrected chi connectivity index (χ0v) is 32.6. The summed E-state index contributed by atoms with van der Waals surface area (Å²) in [5.74, 6) is 2.36. The second-order valence-corrected chi connectivity index (χ2v) is 16.8. The third kappa shape index (κ3) is 4.52. The standard InChI is InChI=1S/C52H36N4OS/c1-32-12-10-20-45-51(32)55(39-14-3-2-13-36(39)33-24-25-33)42-17-6-4-15-40(42)53(45)34-26-28-37-38-29-27-35(31-50(38)58-49(37)30-34)54-41-16-5-7-18-43(41)56-44-19-8-9-22-47(44)57-48-23-11-21-46(54)52(48)56/h2-23,26-31,33H,24-25H2,1H3. The van der Waals surface area contributed by atoms with E-state index in [0.717, 1.165) is 51.3 Å². The fraction of sp³-hybridized carbons (Fsp3) is 0.0769. The minimum Gasteiger partial charge on any atom is -0.453 e. The van der Waals surface area contributed by atoms with Gasteiger partial charge in [-0.2, -0.15) is 0 Å². The molecule has 4 aliphatic rings. The number of thiophene rings is 1. The van der Waals surface area contributed by atoms with E-state index in [1.165, 1.54) is 72.6 Å². The van der Waals surface area contributed by atoms with Crippen LogP contribution in [0.3, 0.4) is 0 Å². The van der Waals surface area contributed by atoms with Gasteiger partial charge in [-0.25, -0.2) is 0 Å². The van der Waals surface area contributed by atoms with Crippen molar-refractivity contribution in [3.8, 4) is 11.5 Å². The molecule has 4 heterocycles. The summed E-state index contributed by atoms with van der Waals surface area (Å²) in [5.41, 5.74) is 16.6. The lowest BCUT2D eigenvalue weighted by Crippen LogP contribution is -2.26. The number of ether oxygens (including phenoxy) is 1. The van der Waals surface area contributed by atoms with Crippen molar-refractivity contribution in [2.24, 2.45) is 0 Å². The molecule has 9 aromatic rings. The highest BCUT2D eigenvalue weighted by atomic mass is 32.1. The second-order valence-electron chi connectivity index (χ2n) is 15.8. The zero-order valence-electron chi connectivity index (χ0n) is 31.8. The van der Waals surface area contributed by atoms with E-state index in [4.69, 9.17) is 4.74 Å². The molecule has 6 heteroatoms. The van der Waals surface area contributed by atoms with Crippen LogP contribution in [0, 0.1) is 6.92 Å². The Morgan fingerprint density at radius 2 is 0.914 bits per heavy atom. The molecule has 0 radical (unpaired) electrons. The topological polar surface area (TPSA) is 22.2 Å². The first-order valence-corrected chi connectivity index (χ1v) is 20.9. The van der Waals surface area contributed by atoms with Crippen molar-refractivity contribution in [1.29, 1.82) is 0 Å². The Hall–Kier alpha value is -7.02. The predicted octanol–water partition coefficient (Wildman–Crippen LogP) is 15.9. The van der Waals surface area contributed by atoms with Crippen LogP contribution in [0.4, 0.5) is 68.2 Å². The molecule has 276 valence electrons. The number of anilines is 12. The molecule has 0 saturated heterocycles. The summed E-state index contributed by atoms with van der Waals surface area (Å²) in [6.45, 7) is 2.25. The maximum atomic E-state index is 6.52. The summed E-state index contributed by atoms with van der Waals surface area (Å²) in [6.07, 6.45) is 2.52. The summed E-state index contributed by atoms with van der Waals surface area (Å²) >= 11 is 1.87. The maximum Gasteiger partial charge on any atom is 0.153 e. The highest BCUT2D eigenvalue weighted by Crippen LogP contribution is 2.62. The van der Waals surface area contributed by atoms with Crippen molar-refractivity contribution >= 4 is 99.8 Å². The fourth-order valence-electron chi connectivity index (χ4n) is 9.66. The highest BCUT2D eigenvalue weighted by Gasteiger charge is 2.38. The molecule has 1 fully saturated rings. The first-order valence-electron chi connectivity index (χ1n) is 20.1. The minimum absolute atomic E-state index is 0.633. The van der Waals surface area contributed by atoms with Gasteiger partial charge in [-0.3, -0.25) is 4.90 Å². The molecule has 0 N–H and O–H groups in total. The molecular weight excluding hydrogens is 729 g/mol. The lowest BCUT2D eigenvalue weighted by atomic mass is 9.99. The fourth-order valence-corrected chi connectivity index (χ4v) is 10.8. The van der Waals surface area contributed by atoms with Gasteiger partial charge in [0.05, 0.1) is 45.5 Å². The van der Waals surface area contributed by atoms with E-state index in [2.05, 4.69) is 190 Å². The van der Waals surface area contributed by atoms with E-state index in [1.807, 2.05) is 17.4 Å². The molecular formula is C52H36N4OS. The van der Waals surface area contributed by atoms with E-state index in [-0.39, 0.29) is 0 Å². The molecule has 0 amide bonds. The van der Waals surface area contributed by atoms with Crippen LogP contribution >= 0.6 is 11.3 Å². The number of rotatable bonds is 4. The van der Waals surface area contributed by atoms with Crippen molar-refractivity contribution in [1.82, 2.24) is 0 Å². The van der Waals surface area contributed by atoms with Gasteiger partial charge in [0.15, 0.2) is 11.5 Å². The van der Waals surface area contributed by atoms with Crippen LogP contribution in [0.5, 0.6) is 11.5 Å². The molecule has 0 bridgehead atoms. The van der Waals surface area contributed by atoms with E-state index in [9.17, 15) is 0 Å². The van der Waals surface area contributed by atoms with E-state index >= 15 is 0 Å². The third-order valence-electron chi connectivity index (χ3n) is 12.3. The van der Waals surface area contributed by atoms with Gasteiger partial charge in [0.25, 0.3) is 0 Å². The smallest absolute Gasteiger partial charge is 0.153 e.